The lowest BCUT2D eigenvalue weighted by Gasteiger charge is -2.25. The van der Waals surface area contributed by atoms with Crippen LogP contribution in [0.4, 0.5) is 0 Å². The topological polar surface area (TPSA) is 61.9 Å². The van der Waals surface area contributed by atoms with Gasteiger partial charge in [-0.3, -0.25) is 4.79 Å². The lowest BCUT2D eigenvalue weighted by molar-refractivity contribution is 0.0726. The van der Waals surface area contributed by atoms with Crippen LogP contribution in [-0.4, -0.2) is 32.3 Å². The molecule has 3 rings (SSSR count). The lowest BCUT2D eigenvalue weighted by Crippen LogP contribution is -2.36. The van der Waals surface area contributed by atoms with Crippen LogP contribution in [0, 0.1) is 6.92 Å². The van der Waals surface area contributed by atoms with E-state index in [-0.39, 0.29) is 5.91 Å². The second-order valence-corrected chi connectivity index (χ2v) is 5.12. The molecule has 0 saturated heterocycles. The third-order valence-corrected chi connectivity index (χ3v) is 3.67. The molecule has 6 heteroatoms. The Labute approximate surface area is 103 Å². The number of aryl methyl sites for hydroxylation is 1. The summed E-state index contributed by atoms with van der Waals surface area (Å²) >= 11 is 1.51. The zero-order valence-corrected chi connectivity index (χ0v) is 10.3. The normalized spacial score (nSPS) is 14.8. The van der Waals surface area contributed by atoms with Gasteiger partial charge >= 0.3 is 0 Å². The second-order valence-electron chi connectivity index (χ2n) is 4.06. The number of carbonyl (C=O) groups is 1. The number of thiazole rings is 1. The quantitative estimate of drug-likeness (QED) is 0.829. The first-order valence-electron chi connectivity index (χ1n) is 5.46. The van der Waals surface area contributed by atoms with Gasteiger partial charge in [0.15, 0.2) is 0 Å². The number of rotatable bonds is 1. The van der Waals surface area contributed by atoms with Crippen LogP contribution in [0.25, 0.3) is 0 Å². The number of amides is 1. The molecule has 0 saturated carbocycles. The molecule has 1 amide bonds. The van der Waals surface area contributed by atoms with Crippen molar-refractivity contribution in [1.82, 2.24) is 19.9 Å². The van der Waals surface area contributed by atoms with Gasteiger partial charge in [0, 0.05) is 18.3 Å². The highest BCUT2D eigenvalue weighted by atomic mass is 32.1. The molecule has 1 aliphatic heterocycles. The number of H-pyrrole nitrogens is 1. The van der Waals surface area contributed by atoms with Gasteiger partial charge in [0.25, 0.3) is 5.91 Å². The smallest absolute Gasteiger partial charge is 0.273 e. The SMILES string of the molecule is Cc1nc(C(=O)N2CCc3nc[nH]c3C2)cs1. The Morgan fingerprint density at radius 1 is 1.59 bits per heavy atom. The summed E-state index contributed by atoms with van der Waals surface area (Å²) in [6.07, 6.45) is 2.50. The maximum absolute atomic E-state index is 12.2. The molecule has 0 aliphatic carbocycles. The highest BCUT2D eigenvalue weighted by molar-refractivity contribution is 7.09. The molecular formula is C11H12N4OS. The van der Waals surface area contributed by atoms with Crippen LogP contribution in [0.2, 0.25) is 0 Å². The Hall–Kier alpha value is -1.69. The Bertz CT molecular complexity index is 559. The summed E-state index contributed by atoms with van der Waals surface area (Å²) in [5.74, 6) is 0.00889. The monoisotopic (exact) mass is 248 g/mol. The minimum Gasteiger partial charge on any atom is -0.347 e. The van der Waals surface area contributed by atoms with Crippen LogP contribution >= 0.6 is 11.3 Å². The summed E-state index contributed by atoms with van der Waals surface area (Å²) in [4.78, 5) is 25.5. The van der Waals surface area contributed by atoms with Gasteiger partial charge in [0.05, 0.1) is 29.3 Å². The predicted molar refractivity (Wildman–Crippen MR) is 63.9 cm³/mol. The van der Waals surface area contributed by atoms with Gasteiger partial charge < -0.3 is 9.88 Å². The highest BCUT2D eigenvalue weighted by Crippen LogP contribution is 2.18. The summed E-state index contributed by atoms with van der Waals surface area (Å²) in [7, 11) is 0. The van der Waals surface area contributed by atoms with E-state index < -0.39 is 0 Å². The van der Waals surface area contributed by atoms with Crippen molar-refractivity contribution in [2.45, 2.75) is 19.9 Å². The first-order chi connectivity index (χ1) is 8.24. The van der Waals surface area contributed by atoms with Gasteiger partial charge in [0.2, 0.25) is 0 Å². The minimum absolute atomic E-state index is 0.00889. The maximum Gasteiger partial charge on any atom is 0.273 e. The first kappa shape index (κ1) is 10.5. The summed E-state index contributed by atoms with van der Waals surface area (Å²) < 4.78 is 0. The van der Waals surface area contributed by atoms with E-state index in [2.05, 4.69) is 15.0 Å². The lowest BCUT2D eigenvalue weighted by atomic mass is 10.1. The van der Waals surface area contributed by atoms with Crippen LogP contribution in [0.3, 0.4) is 0 Å². The maximum atomic E-state index is 12.2. The number of imidazole rings is 1. The van der Waals surface area contributed by atoms with E-state index in [9.17, 15) is 4.79 Å². The number of hydrogen-bond acceptors (Lipinski definition) is 4. The van der Waals surface area contributed by atoms with Crippen molar-refractivity contribution in [2.75, 3.05) is 6.54 Å². The largest absolute Gasteiger partial charge is 0.347 e. The Morgan fingerprint density at radius 2 is 2.47 bits per heavy atom. The molecule has 17 heavy (non-hydrogen) atoms. The molecule has 5 nitrogen and oxygen atoms in total. The van der Waals surface area contributed by atoms with Gasteiger partial charge in [-0.2, -0.15) is 0 Å². The third-order valence-electron chi connectivity index (χ3n) is 2.90. The Morgan fingerprint density at radius 3 is 3.24 bits per heavy atom. The molecule has 1 aliphatic rings. The fourth-order valence-corrected chi connectivity index (χ4v) is 2.60. The van der Waals surface area contributed by atoms with E-state index in [4.69, 9.17) is 0 Å². The van der Waals surface area contributed by atoms with Gasteiger partial charge in [-0.05, 0) is 6.92 Å². The van der Waals surface area contributed by atoms with Crippen LogP contribution in [0.15, 0.2) is 11.7 Å². The molecule has 88 valence electrons. The predicted octanol–water partition coefficient (Wildman–Crippen LogP) is 1.37. The zero-order valence-electron chi connectivity index (χ0n) is 9.43. The molecule has 0 aromatic carbocycles. The van der Waals surface area contributed by atoms with E-state index in [1.54, 1.807) is 6.33 Å². The van der Waals surface area contributed by atoms with Crippen LogP contribution < -0.4 is 0 Å². The molecule has 0 bridgehead atoms. The van der Waals surface area contributed by atoms with Crippen molar-refractivity contribution in [3.8, 4) is 0 Å². The van der Waals surface area contributed by atoms with Gasteiger partial charge in [-0.15, -0.1) is 11.3 Å². The molecule has 2 aromatic heterocycles. The fourth-order valence-electron chi connectivity index (χ4n) is 2.01. The summed E-state index contributed by atoms with van der Waals surface area (Å²) in [6.45, 7) is 3.22. The number of nitrogens with one attached hydrogen (secondary N) is 1. The van der Waals surface area contributed by atoms with E-state index in [1.165, 1.54) is 11.3 Å². The van der Waals surface area contributed by atoms with Gasteiger partial charge in [0.1, 0.15) is 5.69 Å². The number of nitrogens with zero attached hydrogens (tertiary/aromatic N) is 3. The molecule has 0 fully saturated rings. The van der Waals surface area contributed by atoms with E-state index in [0.717, 1.165) is 22.8 Å². The van der Waals surface area contributed by atoms with Crippen LogP contribution in [0.5, 0.6) is 0 Å². The van der Waals surface area contributed by atoms with Crippen molar-refractivity contribution in [3.63, 3.8) is 0 Å². The molecule has 1 N–H and O–H groups in total. The van der Waals surface area contributed by atoms with E-state index >= 15 is 0 Å². The number of aromatic nitrogens is 3. The third kappa shape index (κ3) is 1.84. The molecule has 0 spiro atoms. The molecule has 0 unspecified atom stereocenters. The van der Waals surface area contributed by atoms with Crippen molar-refractivity contribution in [2.24, 2.45) is 0 Å². The molecular weight excluding hydrogens is 236 g/mol. The number of fused-ring (bicyclic) bond motifs is 1. The Balaban J connectivity index is 1.81. The van der Waals surface area contributed by atoms with E-state index in [1.807, 2.05) is 17.2 Å². The van der Waals surface area contributed by atoms with Crippen LogP contribution in [-0.2, 0) is 13.0 Å². The van der Waals surface area contributed by atoms with Crippen LogP contribution in [0.1, 0.15) is 26.9 Å². The number of carbonyl (C=O) groups excluding carboxylic acids is 1. The number of aromatic amines is 1. The highest BCUT2D eigenvalue weighted by Gasteiger charge is 2.24. The van der Waals surface area contributed by atoms with Crippen molar-refractivity contribution >= 4 is 17.2 Å². The van der Waals surface area contributed by atoms with Crippen molar-refractivity contribution < 1.29 is 4.79 Å². The zero-order chi connectivity index (χ0) is 11.8. The van der Waals surface area contributed by atoms with Crippen molar-refractivity contribution in [1.29, 1.82) is 0 Å². The second kappa shape index (κ2) is 3.96. The molecule has 3 heterocycles. The van der Waals surface area contributed by atoms with Gasteiger partial charge in [-0.25, -0.2) is 9.97 Å². The molecule has 0 atom stereocenters. The first-order valence-corrected chi connectivity index (χ1v) is 6.34. The van der Waals surface area contributed by atoms with Gasteiger partial charge in [-0.1, -0.05) is 0 Å². The minimum atomic E-state index is 0.00889. The molecule has 2 aromatic rings. The average molecular weight is 248 g/mol. The summed E-state index contributed by atoms with van der Waals surface area (Å²) in [5, 5.41) is 2.74. The van der Waals surface area contributed by atoms with Crippen molar-refractivity contribution in [3.05, 3.63) is 33.8 Å². The van der Waals surface area contributed by atoms with E-state index in [0.29, 0.717) is 18.8 Å². The fraction of sp³-hybridized carbons (Fsp3) is 0.364. The average Bonchev–Trinajstić information content (AvgIpc) is 2.95. The summed E-state index contributed by atoms with van der Waals surface area (Å²) in [5.41, 5.74) is 2.66. The summed E-state index contributed by atoms with van der Waals surface area (Å²) in [6, 6.07) is 0. The standard InChI is InChI=1S/C11H12N4OS/c1-7-14-10(5-17-7)11(16)15-3-2-8-9(4-15)13-6-12-8/h5-6H,2-4H2,1H3,(H,12,13). The number of hydrogen-bond donors (Lipinski definition) is 1. The molecule has 0 radical (unpaired) electrons. The Kier molecular flexibility index (Phi) is 2.44.